The van der Waals surface area contributed by atoms with Crippen molar-refractivity contribution < 1.29 is 0 Å². The van der Waals surface area contributed by atoms with Crippen LogP contribution >= 0.6 is 0 Å². The number of rotatable bonds is 1. The highest BCUT2D eigenvalue weighted by Crippen LogP contribution is 2.22. The van der Waals surface area contributed by atoms with Crippen LogP contribution in [0.25, 0.3) is 11.0 Å². The molecule has 3 rings (SSSR count). The predicted molar refractivity (Wildman–Crippen MR) is 74.0 cm³/mol. The Hall–Kier alpha value is -2.19. The average Bonchev–Trinajstić information content (AvgIpc) is 2.46. The zero-order chi connectivity index (χ0) is 13.2. The molecule has 1 saturated heterocycles. The van der Waals surface area contributed by atoms with Crippen molar-refractivity contribution in [1.29, 1.82) is 5.26 Å². The fourth-order valence-corrected chi connectivity index (χ4v) is 2.34. The first-order valence-electron chi connectivity index (χ1n) is 6.37. The summed E-state index contributed by atoms with van der Waals surface area (Å²) in [6, 6.07) is 7.92. The average molecular weight is 253 g/mol. The van der Waals surface area contributed by atoms with E-state index in [1.54, 1.807) is 6.20 Å². The molecule has 0 N–H and O–H groups in total. The minimum atomic E-state index is 0.630. The molecule has 0 spiro atoms. The van der Waals surface area contributed by atoms with Crippen molar-refractivity contribution in [3.63, 3.8) is 0 Å². The molecule has 0 unspecified atom stereocenters. The molecule has 0 amide bonds. The Kier molecular flexibility index (Phi) is 3.02. The maximum Gasteiger partial charge on any atom is 0.161 e. The van der Waals surface area contributed by atoms with E-state index in [1.807, 2.05) is 18.2 Å². The van der Waals surface area contributed by atoms with Crippen molar-refractivity contribution in [1.82, 2.24) is 14.9 Å². The Bertz CT molecular complexity index is 638. The highest BCUT2D eigenvalue weighted by molar-refractivity contribution is 5.79. The van der Waals surface area contributed by atoms with Crippen LogP contribution in [0, 0.1) is 11.3 Å². The molecule has 96 valence electrons. The SMILES string of the molecule is CN1CCN(c2nc3ncccc3cc2C#N)CC1. The smallest absolute Gasteiger partial charge is 0.161 e. The van der Waals surface area contributed by atoms with E-state index in [-0.39, 0.29) is 0 Å². The van der Waals surface area contributed by atoms with Gasteiger partial charge in [-0.05, 0) is 25.2 Å². The zero-order valence-electron chi connectivity index (χ0n) is 10.9. The second kappa shape index (κ2) is 4.82. The van der Waals surface area contributed by atoms with Crippen LogP contribution in [0.3, 0.4) is 0 Å². The number of pyridine rings is 2. The van der Waals surface area contributed by atoms with E-state index < -0.39 is 0 Å². The molecule has 0 atom stereocenters. The van der Waals surface area contributed by atoms with Crippen molar-refractivity contribution in [3.05, 3.63) is 30.0 Å². The minimum Gasteiger partial charge on any atom is -0.353 e. The molecule has 0 bridgehead atoms. The molecule has 0 aromatic carbocycles. The van der Waals surface area contributed by atoms with E-state index >= 15 is 0 Å². The number of aromatic nitrogens is 2. The van der Waals surface area contributed by atoms with Crippen LogP contribution in [0.5, 0.6) is 0 Å². The summed E-state index contributed by atoms with van der Waals surface area (Å²) in [5.74, 6) is 0.766. The number of likely N-dealkylation sites (N-methyl/N-ethyl adjacent to an activating group) is 1. The molecule has 0 saturated carbocycles. The van der Waals surface area contributed by atoms with Gasteiger partial charge in [0.15, 0.2) is 5.65 Å². The van der Waals surface area contributed by atoms with Gasteiger partial charge < -0.3 is 9.80 Å². The summed E-state index contributed by atoms with van der Waals surface area (Å²) in [6.07, 6.45) is 1.73. The van der Waals surface area contributed by atoms with Gasteiger partial charge >= 0.3 is 0 Å². The molecule has 19 heavy (non-hydrogen) atoms. The van der Waals surface area contributed by atoms with E-state index in [4.69, 9.17) is 0 Å². The molecule has 3 heterocycles. The quantitative estimate of drug-likeness (QED) is 0.765. The number of anilines is 1. The lowest BCUT2D eigenvalue weighted by Gasteiger charge is -2.33. The first-order chi connectivity index (χ1) is 9.28. The normalized spacial score (nSPS) is 16.5. The highest BCUT2D eigenvalue weighted by atomic mass is 15.3. The third kappa shape index (κ3) is 2.23. The zero-order valence-corrected chi connectivity index (χ0v) is 10.9. The summed E-state index contributed by atoms with van der Waals surface area (Å²) in [6.45, 7) is 3.78. The van der Waals surface area contributed by atoms with Crippen LogP contribution in [-0.4, -0.2) is 48.1 Å². The van der Waals surface area contributed by atoms with Crippen LogP contribution in [0.1, 0.15) is 5.56 Å². The third-order valence-corrected chi connectivity index (χ3v) is 3.49. The Labute approximate surface area is 112 Å². The van der Waals surface area contributed by atoms with Gasteiger partial charge in [-0.3, -0.25) is 0 Å². The largest absolute Gasteiger partial charge is 0.353 e. The van der Waals surface area contributed by atoms with Gasteiger partial charge in [0.1, 0.15) is 11.9 Å². The first-order valence-corrected chi connectivity index (χ1v) is 6.37. The second-order valence-corrected chi connectivity index (χ2v) is 4.81. The molecule has 2 aromatic rings. The van der Waals surface area contributed by atoms with E-state index in [1.165, 1.54) is 0 Å². The Morgan fingerprint density at radius 3 is 2.79 bits per heavy atom. The maximum atomic E-state index is 9.31. The summed E-state index contributed by atoms with van der Waals surface area (Å²) in [5, 5.41) is 10.2. The number of hydrogen-bond acceptors (Lipinski definition) is 5. The molecule has 1 aliphatic rings. The van der Waals surface area contributed by atoms with Crippen LogP contribution < -0.4 is 4.90 Å². The lowest BCUT2D eigenvalue weighted by Crippen LogP contribution is -2.45. The van der Waals surface area contributed by atoms with Gasteiger partial charge in [-0.2, -0.15) is 5.26 Å². The summed E-state index contributed by atoms with van der Waals surface area (Å²) in [4.78, 5) is 13.3. The van der Waals surface area contributed by atoms with Crippen molar-refractivity contribution in [2.24, 2.45) is 0 Å². The van der Waals surface area contributed by atoms with Gasteiger partial charge in [-0.15, -0.1) is 0 Å². The fraction of sp³-hybridized carbons (Fsp3) is 0.357. The molecule has 0 radical (unpaired) electrons. The molecule has 5 heteroatoms. The van der Waals surface area contributed by atoms with Crippen molar-refractivity contribution in [2.45, 2.75) is 0 Å². The van der Waals surface area contributed by atoms with Crippen molar-refractivity contribution >= 4 is 16.9 Å². The lowest BCUT2D eigenvalue weighted by atomic mass is 10.2. The fourth-order valence-electron chi connectivity index (χ4n) is 2.34. The molecule has 5 nitrogen and oxygen atoms in total. The monoisotopic (exact) mass is 253 g/mol. The van der Waals surface area contributed by atoms with E-state index in [0.29, 0.717) is 11.2 Å². The minimum absolute atomic E-state index is 0.630. The Morgan fingerprint density at radius 2 is 2.05 bits per heavy atom. The number of nitriles is 1. The predicted octanol–water partition coefficient (Wildman–Crippen LogP) is 1.25. The van der Waals surface area contributed by atoms with Gasteiger partial charge in [0, 0.05) is 37.8 Å². The topological polar surface area (TPSA) is 56.1 Å². The molecule has 0 aliphatic carbocycles. The first kappa shape index (κ1) is 11.9. The van der Waals surface area contributed by atoms with Crippen LogP contribution in [0.4, 0.5) is 5.82 Å². The summed E-state index contributed by atoms with van der Waals surface area (Å²) in [7, 11) is 2.11. The van der Waals surface area contributed by atoms with Crippen molar-refractivity contribution in [2.75, 3.05) is 38.1 Å². The van der Waals surface area contributed by atoms with Gasteiger partial charge in [0.05, 0.1) is 5.56 Å². The van der Waals surface area contributed by atoms with Crippen LogP contribution in [-0.2, 0) is 0 Å². The molecule has 1 fully saturated rings. The van der Waals surface area contributed by atoms with Gasteiger partial charge in [-0.1, -0.05) is 0 Å². The number of nitrogens with zero attached hydrogens (tertiary/aromatic N) is 5. The van der Waals surface area contributed by atoms with Crippen LogP contribution in [0.15, 0.2) is 24.4 Å². The summed E-state index contributed by atoms with van der Waals surface area (Å²) >= 11 is 0. The molecular formula is C14H15N5. The summed E-state index contributed by atoms with van der Waals surface area (Å²) in [5.41, 5.74) is 1.33. The van der Waals surface area contributed by atoms with Gasteiger partial charge in [-0.25, -0.2) is 9.97 Å². The van der Waals surface area contributed by atoms with Crippen molar-refractivity contribution in [3.8, 4) is 6.07 Å². The van der Waals surface area contributed by atoms with Gasteiger partial charge in [0.25, 0.3) is 0 Å². The molecule has 2 aromatic heterocycles. The van der Waals surface area contributed by atoms with Crippen LogP contribution in [0.2, 0.25) is 0 Å². The highest BCUT2D eigenvalue weighted by Gasteiger charge is 2.19. The second-order valence-electron chi connectivity index (χ2n) is 4.81. The summed E-state index contributed by atoms with van der Waals surface area (Å²) < 4.78 is 0. The number of piperazine rings is 1. The number of hydrogen-bond donors (Lipinski definition) is 0. The Morgan fingerprint density at radius 1 is 1.26 bits per heavy atom. The standard InChI is InChI=1S/C14H15N5/c1-18-5-7-19(8-6-18)14-12(10-15)9-11-3-2-4-16-13(11)17-14/h2-4,9H,5-8H2,1H3. The van der Waals surface area contributed by atoms with Gasteiger partial charge in [0.2, 0.25) is 0 Å². The third-order valence-electron chi connectivity index (χ3n) is 3.49. The van der Waals surface area contributed by atoms with E-state index in [2.05, 4.69) is 32.9 Å². The Balaban J connectivity index is 2.04. The maximum absolute atomic E-state index is 9.31. The lowest BCUT2D eigenvalue weighted by molar-refractivity contribution is 0.312. The molecular weight excluding hydrogens is 238 g/mol. The number of fused-ring (bicyclic) bond motifs is 1. The van der Waals surface area contributed by atoms with E-state index in [9.17, 15) is 5.26 Å². The molecule has 1 aliphatic heterocycles. The van der Waals surface area contributed by atoms with E-state index in [0.717, 1.165) is 37.4 Å².